The maximum atomic E-state index is 14.6. The molecule has 1 unspecified atom stereocenters. The van der Waals surface area contributed by atoms with Gasteiger partial charge in [-0.25, -0.2) is 19.3 Å². The van der Waals surface area contributed by atoms with E-state index in [-0.39, 0.29) is 17.4 Å². The Kier molecular flexibility index (Phi) is 6.97. The van der Waals surface area contributed by atoms with E-state index in [2.05, 4.69) is 38.7 Å². The molecule has 11 heteroatoms. The van der Waals surface area contributed by atoms with Crippen LogP contribution >= 0.6 is 0 Å². The molecule has 1 amide bonds. The summed E-state index contributed by atoms with van der Waals surface area (Å²) in [5, 5.41) is 0. The maximum Gasteiger partial charge on any atom is 0.258 e. The predicted octanol–water partition coefficient (Wildman–Crippen LogP) is 2.82. The molecule has 0 radical (unpaired) electrons. The van der Waals surface area contributed by atoms with Gasteiger partial charge in [0.1, 0.15) is 5.82 Å². The zero-order chi connectivity index (χ0) is 27.0. The lowest BCUT2D eigenvalue weighted by molar-refractivity contribution is -0.0245. The maximum absolute atomic E-state index is 14.6. The van der Waals surface area contributed by atoms with Crippen molar-refractivity contribution in [1.29, 1.82) is 0 Å². The molecule has 0 saturated carbocycles. The van der Waals surface area contributed by atoms with Crippen LogP contribution in [0.4, 0.5) is 10.3 Å². The molecule has 1 saturated heterocycles. The van der Waals surface area contributed by atoms with E-state index in [1.165, 1.54) is 25.4 Å². The number of methoxy groups -OCH3 is 1. The number of amides is 1. The molecular weight excluding hydrogens is 489 g/mol. The van der Waals surface area contributed by atoms with Gasteiger partial charge in [0.2, 0.25) is 11.8 Å². The summed E-state index contributed by atoms with van der Waals surface area (Å²) in [6.07, 6.45) is 3.44. The highest BCUT2D eigenvalue weighted by atomic mass is 19.1. The molecule has 1 fully saturated rings. The number of carbonyl (C=O) groups is 1. The molecule has 2 aromatic heterocycles. The Hall–Kier alpha value is -3.70. The van der Waals surface area contributed by atoms with Crippen LogP contribution in [0.2, 0.25) is 0 Å². The van der Waals surface area contributed by atoms with Crippen LogP contribution in [-0.4, -0.2) is 81.1 Å². The van der Waals surface area contributed by atoms with Crippen molar-refractivity contribution in [2.75, 3.05) is 45.7 Å². The largest absolute Gasteiger partial charge is 0.480 e. The molecule has 5 rings (SSSR count). The van der Waals surface area contributed by atoms with E-state index in [0.29, 0.717) is 60.3 Å². The molecule has 2 aliphatic heterocycles. The van der Waals surface area contributed by atoms with Gasteiger partial charge in [-0.3, -0.25) is 14.7 Å². The van der Waals surface area contributed by atoms with Crippen molar-refractivity contribution in [3.05, 3.63) is 58.9 Å². The molecule has 10 nitrogen and oxygen atoms in total. The molecule has 0 bridgehead atoms. The Morgan fingerprint density at radius 1 is 1.18 bits per heavy atom. The van der Waals surface area contributed by atoms with E-state index < -0.39 is 11.9 Å². The summed E-state index contributed by atoms with van der Waals surface area (Å²) >= 11 is 0. The van der Waals surface area contributed by atoms with Gasteiger partial charge in [-0.15, -0.1) is 0 Å². The summed E-state index contributed by atoms with van der Waals surface area (Å²) in [6.45, 7) is 9.30. The molecule has 1 aromatic carbocycles. The third kappa shape index (κ3) is 4.91. The highest BCUT2D eigenvalue weighted by molar-refractivity contribution is 5.98. The van der Waals surface area contributed by atoms with Gasteiger partial charge in [-0.05, 0) is 38.5 Å². The van der Waals surface area contributed by atoms with E-state index in [1.54, 1.807) is 19.2 Å². The number of aryl methyl sites for hydroxylation is 1. The minimum atomic E-state index is -0.451. The predicted molar refractivity (Wildman–Crippen MR) is 139 cm³/mol. The number of benzene rings is 1. The van der Waals surface area contributed by atoms with Gasteiger partial charge in [-0.2, -0.15) is 0 Å². The number of morpholine rings is 1. The van der Waals surface area contributed by atoms with Crippen LogP contribution in [0.5, 0.6) is 5.88 Å². The SMILES string of the molecule is COc1cncc(-c2cc(F)ccc2C2Cc3nc(N)nc(C)c3C(=O)N2CC(C)(C)N2CCOCC2)n1. The highest BCUT2D eigenvalue weighted by Crippen LogP contribution is 2.39. The van der Waals surface area contributed by atoms with Crippen LogP contribution in [0.1, 0.15) is 47.2 Å². The molecule has 2 aliphatic rings. The highest BCUT2D eigenvalue weighted by Gasteiger charge is 2.41. The Morgan fingerprint density at radius 2 is 1.95 bits per heavy atom. The summed E-state index contributed by atoms with van der Waals surface area (Å²) in [6, 6.07) is 4.08. The van der Waals surface area contributed by atoms with Crippen LogP contribution in [-0.2, 0) is 11.2 Å². The third-order valence-electron chi connectivity index (χ3n) is 7.32. The number of halogens is 1. The van der Waals surface area contributed by atoms with E-state index in [4.69, 9.17) is 15.2 Å². The summed E-state index contributed by atoms with van der Waals surface area (Å²) in [5.74, 6) is -0.169. The molecular formula is C27H32FN7O3. The van der Waals surface area contributed by atoms with Gasteiger partial charge in [-0.1, -0.05) is 6.07 Å². The molecule has 1 atom stereocenters. The lowest BCUT2D eigenvalue weighted by Gasteiger charge is -2.47. The monoisotopic (exact) mass is 521 g/mol. The fourth-order valence-electron chi connectivity index (χ4n) is 5.42. The Balaban J connectivity index is 1.64. The Labute approximate surface area is 221 Å². The van der Waals surface area contributed by atoms with Crippen molar-refractivity contribution in [2.24, 2.45) is 0 Å². The summed E-state index contributed by atoms with van der Waals surface area (Å²) in [7, 11) is 1.50. The summed E-state index contributed by atoms with van der Waals surface area (Å²) in [4.78, 5) is 35.8. The van der Waals surface area contributed by atoms with Crippen LogP contribution in [0.15, 0.2) is 30.6 Å². The summed E-state index contributed by atoms with van der Waals surface area (Å²) < 4.78 is 25.4. The standard InChI is InChI=1S/C27H32FN7O3/c1-16-24-20(33-26(29)31-16)12-22(35(25(24)36)15-27(2,3)34-7-9-38-10-8-34)18-6-5-17(28)11-19(18)21-13-30-14-23(32-21)37-4/h5-6,11,13-14,22H,7-10,12,15H2,1-4H3,(H2,29,31,33). The van der Waals surface area contributed by atoms with Gasteiger partial charge < -0.3 is 20.1 Å². The first-order chi connectivity index (χ1) is 18.2. The molecule has 4 heterocycles. The van der Waals surface area contributed by atoms with E-state index >= 15 is 0 Å². The number of anilines is 1. The second-order valence-electron chi connectivity index (χ2n) is 10.2. The molecule has 38 heavy (non-hydrogen) atoms. The van der Waals surface area contributed by atoms with Crippen LogP contribution in [0, 0.1) is 12.7 Å². The minimum absolute atomic E-state index is 0.118. The first-order valence-corrected chi connectivity index (χ1v) is 12.6. The van der Waals surface area contributed by atoms with Gasteiger partial charge >= 0.3 is 0 Å². The second kappa shape index (κ2) is 10.2. The van der Waals surface area contributed by atoms with Crippen LogP contribution in [0.3, 0.4) is 0 Å². The average molecular weight is 522 g/mol. The number of carbonyl (C=O) groups excluding carboxylic acids is 1. The average Bonchev–Trinajstić information content (AvgIpc) is 2.90. The van der Waals surface area contributed by atoms with Crippen molar-refractivity contribution >= 4 is 11.9 Å². The number of aromatic nitrogens is 4. The first-order valence-electron chi connectivity index (χ1n) is 12.6. The van der Waals surface area contributed by atoms with Crippen molar-refractivity contribution in [3.8, 4) is 17.1 Å². The normalized spacial score (nSPS) is 18.4. The van der Waals surface area contributed by atoms with Crippen molar-refractivity contribution in [2.45, 2.75) is 38.8 Å². The van der Waals surface area contributed by atoms with E-state index in [0.717, 1.165) is 18.7 Å². The van der Waals surface area contributed by atoms with Gasteiger partial charge in [0, 0.05) is 37.2 Å². The second-order valence-corrected chi connectivity index (χ2v) is 10.2. The number of fused-ring (bicyclic) bond motifs is 1. The van der Waals surface area contributed by atoms with Gasteiger partial charge in [0.25, 0.3) is 5.91 Å². The lowest BCUT2D eigenvalue weighted by Crippen LogP contribution is -2.57. The minimum Gasteiger partial charge on any atom is -0.480 e. The topological polar surface area (TPSA) is 120 Å². The molecule has 200 valence electrons. The number of hydrogen-bond donors (Lipinski definition) is 1. The number of nitrogens with zero attached hydrogens (tertiary/aromatic N) is 6. The van der Waals surface area contributed by atoms with Crippen molar-refractivity contribution < 1.29 is 18.7 Å². The smallest absolute Gasteiger partial charge is 0.258 e. The third-order valence-corrected chi connectivity index (χ3v) is 7.32. The molecule has 0 aliphatic carbocycles. The molecule has 3 aromatic rings. The number of hydrogen-bond acceptors (Lipinski definition) is 9. The molecule has 0 spiro atoms. The van der Waals surface area contributed by atoms with Crippen molar-refractivity contribution in [1.82, 2.24) is 29.7 Å². The number of nitrogens with two attached hydrogens (primary N) is 1. The van der Waals surface area contributed by atoms with Gasteiger partial charge in [0.05, 0.1) is 61.4 Å². The number of nitrogen functional groups attached to an aromatic ring is 1. The first kappa shape index (κ1) is 25.9. The fourth-order valence-corrected chi connectivity index (χ4v) is 5.42. The van der Waals surface area contributed by atoms with Crippen LogP contribution < -0.4 is 10.5 Å². The summed E-state index contributed by atoms with van der Waals surface area (Å²) in [5.41, 5.74) is 8.93. The van der Waals surface area contributed by atoms with E-state index in [9.17, 15) is 9.18 Å². The van der Waals surface area contributed by atoms with E-state index in [1.807, 2.05) is 4.90 Å². The zero-order valence-electron chi connectivity index (χ0n) is 22.1. The zero-order valence-corrected chi connectivity index (χ0v) is 22.1. The lowest BCUT2D eigenvalue weighted by atomic mass is 9.87. The Morgan fingerprint density at radius 3 is 2.68 bits per heavy atom. The van der Waals surface area contributed by atoms with Crippen LogP contribution in [0.25, 0.3) is 11.3 Å². The number of ether oxygens (including phenoxy) is 2. The van der Waals surface area contributed by atoms with Gasteiger partial charge in [0.15, 0.2) is 0 Å². The van der Waals surface area contributed by atoms with Crippen molar-refractivity contribution in [3.63, 3.8) is 0 Å². The fraction of sp³-hybridized carbons (Fsp3) is 0.444. The Bertz CT molecular complexity index is 1360. The molecule has 2 N–H and O–H groups in total. The quantitative estimate of drug-likeness (QED) is 0.522. The number of rotatable bonds is 6.